The summed E-state index contributed by atoms with van der Waals surface area (Å²) in [6, 6.07) is 3.29. The van der Waals surface area contributed by atoms with Crippen LogP contribution in [0.25, 0.3) is 0 Å². The molecule has 6 heteroatoms. The molecule has 6 nitrogen and oxygen atoms in total. The summed E-state index contributed by atoms with van der Waals surface area (Å²) in [5, 5.41) is 6.32. The highest BCUT2D eigenvalue weighted by Crippen LogP contribution is 2.06. The Morgan fingerprint density at radius 3 is 2.74 bits per heavy atom. The molecule has 0 radical (unpaired) electrons. The van der Waals surface area contributed by atoms with Crippen molar-refractivity contribution < 1.29 is 9.21 Å². The van der Waals surface area contributed by atoms with E-state index in [1.165, 1.54) is 12.8 Å². The number of nitrogens with one attached hydrogen (secondary N) is 2. The number of hydrogen-bond acceptors (Lipinski definition) is 3. The molecular formula is C13H22N4O2. The lowest BCUT2D eigenvalue weighted by atomic mass is 10.2. The first-order chi connectivity index (χ1) is 9.17. The topological polar surface area (TPSA) is 92.6 Å². The Morgan fingerprint density at radius 2 is 2.16 bits per heavy atom. The minimum atomic E-state index is -0.562. The third-order valence-corrected chi connectivity index (χ3v) is 2.63. The maximum absolute atomic E-state index is 10.9. The van der Waals surface area contributed by atoms with Crippen LogP contribution in [0, 0.1) is 0 Å². The predicted octanol–water partition coefficient (Wildman–Crippen LogP) is 1.23. The lowest BCUT2D eigenvalue weighted by Gasteiger charge is -2.10. The Balaban J connectivity index is 2.34. The van der Waals surface area contributed by atoms with Crippen molar-refractivity contribution in [1.29, 1.82) is 0 Å². The molecule has 1 aromatic rings. The van der Waals surface area contributed by atoms with E-state index in [2.05, 4.69) is 22.5 Å². The molecule has 1 amide bonds. The largest absolute Gasteiger partial charge is 0.454 e. The lowest BCUT2D eigenvalue weighted by molar-refractivity contribution is 0.0972. The standard InChI is InChI=1S/C13H22N4O2/c1-3-4-5-8-16-13(15-2)17-9-10-6-7-11(19-10)12(14)18/h6-7H,3-5,8-9H2,1-2H3,(H2,14,18)(H2,15,16,17). The minimum Gasteiger partial charge on any atom is -0.454 e. The number of aliphatic imine (C=N–C) groups is 1. The quantitative estimate of drug-likeness (QED) is 0.393. The van der Waals surface area contributed by atoms with Crippen molar-refractivity contribution in [1.82, 2.24) is 10.6 Å². The van der Waals surface area contributed by atoms with Gasteiger partial charge in [0, 0.05) is 13.6 Å². The van der Waals surface area contributed by atoms with Crippen LogP contribution in [0.5, 0.6) is 0 Å². The number of hydrogen-bond donors (Lipinski definition) is 3. The number of primary amides is 1. The number of carbonyl (C=O) groups excluding carboxylic acids is 1. The van der Waals surface area contributed by atoms with E-state index in [0.717, 1.165) is 13.0 Å². The van der Waals surface area contributed by atoms with Gasteiger partial charge in [0.15, 0.2) is 11.7 Å². The van der Waals surface area contributed by atoms with E-state index in [9.17, 15) is 4.79 Å². The molecule has 106 valence electrons. The molecule has 4 N–H and O–H groups in total. The van der Waals surface area contributed by atoms with Gasteiger partial charge in [-0.2, -0.15) is 0 Å². The van der Waals surface area contributed by atoms with Crippen molar-refractivity contribution in [2.45, 2.75) is 32.7 Å². The van der Waals surface area contributed by atoms with Gasteiger partial charge in [-0.25, -0.2) is 0 Å². The van der Waals surface area contributed by atoms with Gasteiger partial charge >= 0.3 is 0 Å². The van der Waals surface area contributed by atoms with Gasteiger partial charge in [0.25, 0.3) is 5.91 Å². The first-order valence-electron chi connectivity index (χ1n) is 6.50. The van der Waals surface area contributed by atoms with Crippen LogP contribution >= 0.6 is 0 Å². The molecule has 1 rings (SSSR count). The molecule has 0 unspecified atom stereocenters. The van der Waals surface area contributed by atoms with E-state index in [0.29, 0.717) is 18.3 Å². The third-order valence-electron chi connectivity index (χ3n) is 2.63. The van der Waals surface area contributed by atoms with Crippen molar-refractivity contribution >= 4 is 11.9 Å². The van der Waals surface area contributed by atoms with E-state index < -0.39 is 5.91 Å². The third kappa shape index (κ3) is 5.46. The van der Waals surface area contributed by atoms with E-state index in [1.807, 2.05) is 0 Å². The number of unbranched alkanes of at least 4 members (excludes halogenated alkanes) is 2. The molecule has 0 aliphatic carbocycles. The Labute approximate surface area is 113 Å². The Morgan fingerprint density at radius 1 is 1.37 bits per heavy atom. The summed E-state index contributed by atoms with van der Waals surface area (Å²) in [6.07, 6.45) is 3.50. The van der Waals surface area contributed by atoms with Crippen LogP contribution in [0.4, 0.5) is 0 Å². The second kappa shape index (κ2) is 8.18. The van der Waals surface area contributed by atoms with Crippen LogP contribution in [-0.2, 0) is 6.54 Å². The van der Waals surface area contributed by atoms with Crippen molar-refractivity contribution in [3.63, 3.8) is 0 Å². The summed E-state index contributed by atoms with van der Waals surface area (Å²) in [6.45, 7) is 3.51. The summed E-state index contributed by atoms with van der Waals surface area (Å²) >= 11 is 0. The first-order valence-corrected chi connectivity index (χ1v) is 6.50. The van der Waals surface area contributed by atoms with E-state index in [1.54, 1.807) is 19.2 Å². The fourth-order valence-electron chi connectivity index (χ4n) is 1.58. The number of nitrogens with zero attached hydrogens (tertiary/aromatic N) is 1. The molecule has 1 aromatic heterocycles. The van der Waals surface area contributed by atoms with Crippen molar-refractivity contribution in [3.8, 4) is 0 Å². The number of guanidine groups is 1. The van der Waals surface area contributed by atoms with Gasteiger partial charge in [0.1, 0.15) is 5.76 Å². The molecule has 19 heavy (non-hydrogen) atoms. The van der Waals surface area contributed by atoms with Gasteiger partial charge in [-0.05, 0) is 18.6 Å². The number of furan rings is 1. The van der Waals surface area contributed by atoms with Crippen LogP contribution < -0.4 is 16.4 Å². The molecule has 0 aliphatic heterocycles. The van der Waals surface area contributed by atoms with Gasteiger partial charge in [-0.3, -0.25) is 9.79 Å². The van der Waals surface area contributed by atoms with Crippen LogP contribution in [0.2, 0.25) is 0 Å². The molecule has 0 saturated heterocycles. The molecule has 0 atom stereocenters. The SMILES string of the molecule is CCCCCNC(=NC)NCc1ccc(C(N)=O)o1. The summed E-state index contributed by atoms with van der Waals surface area (Å²) in [5.74, 6) is 0.967. The number of nitrogens with two attached hydrogens (primary N) is 1. The maximum Gasteiger partial charge on any atom is 0.284 e. The number of carbonyl (C=O) groups is 1. The average molecular weight is 266 g/mol. The average Bonchev–Trinajstić information content (AvgIpc) is 2.87. The minimum absolute atomic E-state index is 0.169. The zero-order valence-corrected chi connectivity index (χ0v) is 11.5. The highest BCUT2D eigenvalue weighted by Gasteiger charge is 2.07. The molecule has 0 bridgehead atoms. The van der Waals surface area contributed by atoms with Crippen LogP contribution in [-0.4, -0.2) is 25.5 Å². The Kier molecular flexibility index (Phi) is 6.49. The molecular weight excluding hydrogens is 244 g/mol. The van der Waals surface area contributed by atoms with E-state index in [4.69, 9.17) is 10.2 Å². The molecule has 0 saturated carbocycles. The van der Waals surface area contributed by atoms with Gasteiger partial charge < -0.3 is 20.8 Å². The summed E-state index contributed by atoms with van der Waals surface area (Å²) in [4.78, 5) is 15.0. The predicted molar refractivity (Wildman–Crippen MR) is 75.0 cm³/mol. The van der Waals surface area contributed by atoms with Gasteiger partial charge in [0.2, 0.25) is 0 Å². The molecule has 1 heterocycles. The smallest absolute Gasteiger partial charge is 0.284 e. The second-order valence-corrected chi connectivity index (χ2v) is 4.19. The van der Waals surface area contributed by atoms with E-state index in [-0.39, 0.29) is 5.76 Å². The van der Waals surface area contributed by atoms with Gasteiger partial charge in [0.05, 0.1) is 6.54 Å². The first kappa shape index (κ1) is 15.1. The lowest BCUT2D eigenvalue weighted by Crippen LogP contribution is -2.37. The highest BCUT2D eigenvalue weighted by atomic mass is 16.3. The van der Waals surface area contributed by atoms with Crippen molar-refractivity contribution in [3.05, 3.63) is 23.7 Å². The Bertz CT molecular complexity index is 426. The fraction of sp³-hybridized carbons (Fsp3) is 0.538. The maximum atomic E-state index is 10.9. The molecule has 0 fully saturated rings. The van der Waals surface area contributed by atoms with Crippen LogP contribution in [0.15, 0.2) is 21.5 Å². The zero-order valence-electron chi connectivity index (χ0n) is 11.5. The monoisotopic (exact) mass is 266 g/mol. The number of amides is 1. The molecule has 0 aromatic carbocycles. The van der Waals surface area contributed by atoms with Gasteiger partial charge in [-0.15, -0.1) is 0 Å². The van der Waals surface area contributed by atoms with E-state index >= 15 is 0 Å². The van der Waals surface area contributed by atoms with Crippen LogP contribution in [0.3, 0.4) is 0 Å². The summed E-state index contributed by atoms with van der Waals surface area (Å²) < 4.78 is 5.26. The normalized spacial score (nSPS) is 11.4. The molecule has 0 spiro atoms. The number of rotatable bonds is 7. The Hall–Kier alpha value is -1.98. The van der Waals surface area contributed by atoms with Crippen molar-refractivity contribution in [2.24, 2.45) is 10.7 Å². The fourth-order valence-corrected chi connectivity index (χ4v) is 1.58. The molecule has 0 aliphatic rings. The van der Waals surface area contributed by atoms with Crippen molar-refractivity contribution in [2.75, 3.05) is 13.6 Å². The second-order valence-electron chi connectivity index (χ2n) is 4.19. The highest BCUT2D eigenvalue weighted by molar-refractivity contribution is 5.89. The van der Waals surface area contributed by atoms with Crippen LogP contribution in [0.1, 0.15) is 42.5 Å². The summed E-state index contributed by atoms with van der Waals surface area (Å²) in [7, 11) is 1.71. The summed E-state index contributed by atoms with van der Waals surface area (Å²) in [5.41, 5.74) is 5.11. The zero-order chi connectivity index (χ0) is 14.1. The van der Waals surface area contributed by atoms with Gasteiger partial charge in [-0.1, -0.05) is 19.8 Å².